The molecule has 0 spiro atoms. The number of hydrogen-bond acceptors (Lipinski definition) is 4. The molecule has 0 aliphatic heterocycles. The van der Waals surface area contributed by atoms with E-state index in [1.807, 2.05) is 48.5 Å². The molecule has 2 N–H and O–H groups in total. The molecule has 4 aromatic rings. The molecular formula is C23H20N2O3S. The Hall–Kier alpha value is -3.22. The van der Waals surface area contributed by atoms with E-state index in [2.05, 4.69) is 12.1 Å². The molecular weight excluding hydrogens is 384 g/mol. The van der Waals surface area contributed by atoms with Gasteiger partial charge in [0, 0.05) is 17.5 Å². The highest BCUT2D eigenvalue weighted by Gasteiger charge is 2.23. The van der Waals surface area contributed by atoms with Gasteiger partial charge in [0.25, 0.3) is 0 Å². The largest absolute Gasteiger partial charge is 0.440 e. The van der Waals surface area contributed by atoms with Gasteiger partial charge in [0.05, 0.1) is 4.90 Å². The minimum Gasteiger partial charge on any atom is -0.440 e. The molecule has 0 aliphatic carbocycles. The van der Waals surface area contributed by atoms with E-state index in [1.165, 1.54) is 11.6 Å². The predicted octanol–water partition coefficient (Wildman–Crippen LogP) is 4.44. The van der Waals surface area contributed by atoms with Crippen molar-refractivity contribution in [3.63, 3.8) is 0 Å². The number of oxazole rings is 1. The summed E-state index contributed by atoms with van der Waals surface area (Å²) < 4.78 is 30.3. The zero-order chi connectivity index (χ0) is 20.3. The fourth-order valence-corrected chi connectivity index (χ4v) is 3.98. The third-order valence-electron chi connectivity index (χ3n) is 4.63. The topological polar surface area (TPSA) is 86.2 Å². The van der Waals surface area contributed by atoms with Crippen molar-refractivity contribution in [2.24, 2.45) is 5.14 Å². The molecule has 5 nitrogen and oxygen atoms in total. The Morgan fingerprint density at radius 1 is 0.793 bits per heavy atom. The van der Waals surface area contributed by atoms with Gasteiger partial charge in [-0.25, -0.2) is 18.5 Å². The molecule has 0 unspecified atom stereocenters. The number of primary sulfonamides is 1. The molecule has 0 radical (unpaired) electrons. The molecule has 3 aromatic carbocycles. The van der Waals surface area contributed by atoms with Gasteiger partial charge in [-0.1, -0.05) is 72.8 Å². The fourth-order valence-electron chi connectivity index (χ4n) is 3.24. The standard InChI is InChI=1S/C23H20N2O3S/c24-29(26,27)20-14-8-7-13-19(20)23-22(18-11-5-2-6-12-18)25-21(28-23)16-15-17-9-3-1-4-10-17/h1-14H,15-16H2,(H2,24,26,27). The highest BCUT2D eigenvalue weighted by Crippen LogP contribution is 2.36. The van der Waals surface area contributed by atoms with Gasteiger partial charge >= 0.3 is 0 Å². The number of sulfonamides is 1. The minimum atomic E-state index is -3.91. The van der Waals surface area contributed by atoms with Crippen molar-refractivity contribution in [1.82, 2.24) is 4.98 Å². The van der Waals surface area contributed by atoms with Crippen molar-refractivity contribution in [2.45, 2.75) is 17.7 Å². The first-order chi connectivity index (χ1) is 14.0. The summed E-state index contributed by atoms with van der Waals surface area (Å²) in [7, 11) is -3.91. The Labute approximate surface area is 169 Å². The molecule has 0 saturated heterocycles. The van der Waals surface area contributed by atoms with Crippen LogP contribution in [0.2, 0.25) is 0 Å². The Morgan fingerprint density at radius 2 is 1.41 bits per heavy atom. The third-order valence-corrected chi connectivity index (χ3v) is 5.60. The zero-order valence-corrected chi connectivity index (χ0v) is 16.5. The third kappa shape index (κ3) is 4.29. The van der Waals surface area contributed by atoms with E-state index in [9.17, 15) is 8.42 Å². The van der Waals surface area contributed by atoms with E-state index >= 15 is 0 Å². The molecule has 146 valence electrons. The van der Waals surface area contributed by atoms with E-state index in [0.717, 1.165) is 12.0 Å². The summed E-state index contributed by atoms with van der Waals surface area (Å²) in [6, 6.07) is 26.2. The van der Waals surface area contributed by atoms with Gasteiger partial charge in [-0.15, -0.1) is 0 Å². The lowest BCUT2D eigenvalue weighted by Crippen LogP contribution is -2.13. The lowest BCUT2D eigenvalue weighted by atomic mass is 10.1. The lowest BCUT2D eigenvalue weighted by Gasteiger charge is -2.06. The van der Waals surface area contributed by atoms with Crippen molar-refractivity contribution in [3.05, 3.63) is 96.4 Å². The first-order valence-corrected chi connectivity index (χ1v) is 10.8. The van der Waals surface area contributed by atoms with Gasteiger partial charge < -0.3 is 4.42 Å². The van der Waals surface area contributed by atoms with Crippen LogP contribution in [0.3, 0.4) is 0 Å². The van der Waals surface area contributed by atoms with Crippen LogP contribution >= 0.6 is 0 Å². The van der Waals surface area contributed by atoms with Crippen LogP contribution in [0.1, 0.15) is 11.5 Å². The van der Waals surface area contributed by atoms with Crippen LogP contribution in [0.5, 0.6) is 0 Å². The normalized spacial score (nSPS) is 11.5. The second-order valence-corrected chi connectivity index (χ2v) is 8.21. The van der Waals surface area contributed by atoms with Crippen molar-refractivity contribution in [2.75, 3.05) is 0 Å². The molecule has 0 bridgehead atoms. The van der Waals surface area contributed by atoms with Gasteiger partial charge in [-0.3, -0.25) is 0 Å². The van der Waals surface area contributed by atoms with Crippen LogP contribution in [0.25, 0.3) is 22.6 Å². The Kier molecular flexibility index (Phi) is 5.29. The number of benzene rings is 3. The van der Waals surface area contributed by atoms with Crippen LogP contribution in [0, 0.1) is 0 Å². The lowest BCUT2D eigenvalue weighted by molar-refractivity contribution is 0.504. The molecule has 6 heteroatoms. The average molecular weight is 404 g/mol. The summed E-state index contributed by atoms with van der Waals surface area (Å²) in [5.74, 6) is 0.954. The average Bonchev–Trinajstić information content (AvgIpc) is 3.17. The van der Waals surface area contributed by atoms with Crippen LogP contribution in [0.15, 0.2) is 94.2 Å². The smallest absolute Gasteiger partial charge is 0.238 e. The minimum absolute atomic E-state index is 0.0166. The Morgan fingerprint density at radius 3 is 2.10 bits per heavy atom. The summed E-state index contributed by atoms with van der Waals surface area (Å²) in [4.78, 5) is 4.71. The maximum absolute atomic E-state index is 12.1. The molecule has 0 saturated carbocycles. The van der Waals surface area contributed by atoms with Crippen molar-refractivity contribution < 1.29 is 12.8 Å². The highest BCUT2D eigenvalue weighted by atomic mass is 32.2. The summed E-state index contributed by atoms with van der Waals surface area (Å²) in [5.41, 5.74) is 3.04. The Bertz CT molecular complexity index is 1220. The summed E-state index contributed by atoms with van der Waals surface area (Å²) >= 11 is 0. The predicted molar refractivity (Wildman–Crippen MR) is 113 cm³/mol. The number of rotatable bonds is 6. The second-order valence-electron chi connectivity index (χ2n) is 6.68. The number of aryl methyl sites for hydroxylation is 2. The number of nitrogens with zero attached hydrogens (tertiary/aromatic N) is 1. The fraction of sp³-hybridized carbons (Fsp3) is 0.0870. The summed E-state index contributed by atoms with van der Waals surface area (Å²) in [6.07, 6.45) is 1.37. The number of nitrogens with two attached hydrogens (primary N) is 1. The van der Waals surface area contributed by atoms with Gasteiger partial charge in [-0.2, -0.15) is 0 Å². The van der Waals surface area contributed by atoms with E-state index in [4.69, 9.17) is 14.5 Å². The van der Waals surface area contributed by atoms with E-state index < -0.39 is 10.0 Å². The summed E-state index contributed by atoms with van der Waals surface area (Å²) in [5, 5.41) is 5.44. The van der Waals surface area contributed by atoms with Crippen LogP contribution < -0.4 is 5.14 Å². The van der Waals surface area contributed by atoms with Crippen LogP contribution in [-0.4, -0.2) is 13.4 Å². The number of aromatic nitrogens is 1. The second kappa shape index (κ2) is 8.03. The van der Waals surface area contributed by atoms with Gasteiger partial charge in [0.1, 0.15) is 5.69 Å². The van der Waals surface area contributed by atoms with Gasteiger partial charge in [0.2, 0.25) is 10.0 Å². The molecule has 29 heavy (non-hydrogen) atoms. The van der Waals surface area contributed by atoms with Gasteiger partial charge in [-0.05, 0) is 24.1 Å². The van der Waals surface area contributed by atoms with E-state index in [0.29, 0.717) is 29.3 Å². The first-order valence-electron chi connectivity index (χ1n) is 9.23. The molecule has 1 aromatic heterocycles. The van der Waals surface area contributed by atoms with E-state index in [-0.39, 0.29) is 4.90 Å². The van der Waals surface area contributed by atoms with Crippen LogP contribution in [-0.2, 0) is 22.9 Å². The monoisotopic (exact) mass is 404 g/mol. The molecule has 0 fully saturated rings. The SMILES string of the molecule is NS(=O)(=O)c1ccccc1-c1oc(CCc2ccccc2)nc1-c1ccccc1. The van der Waals surface area contributed by atoms with E-state index in [1.54, 1.807) is 18.2 Å². The van der Waals surface area contributed by atoms with Crippen molar-refractivity contribution >= 4 is 10.0 Å². The highest BCUT2D eigenvalue weighted by molar-refractivity contribution is 7.89. The maximum atomic E-state index is 12.1. The quantitative estimate of drug-likeness (QED) is 0.515. The molecule has 0 aliphatic rings. The molecule has 0 amide bonds. The maximum Gasteiger partial charge on any atom is 0.238 e. The first kappa shape index (κ1) is 19.1. The Balaban J connectivity index is 1.80. The van der Waals surface area contributed by atoms with Crippen molar-refractivity contribution in [3.8, 4) is 22.6 Å². The number of hydrogen-bond donors (Lipinski definition) is 1. The molecule has 0 atom stereocenters. The molecule has 4 rings (SSSR count). The summed E-state index contributed by atoms with van der Waals surface area (Å²) in [6.45, 7) is 0. The van der Waals surface area contributed by atoms with Crippen LogP contribution in [0.4, 0.5) is 0 Å². The zero-order valence-electron chi connectivity index (χ0n) is 15.7. The van der Waals surface area contributed by atoms with Gasteiger partial charge in [0.15, 0.2) is 11.7 Å². The molecule has 1 heterocycles. The van der Waals surface area contributed by atoms with Crippen molar-refractivity contribution in [1.29, 1.82) is 0 Å².